The number of nitrogens with zero attached hydrogens (tertiary/aromatic N) is 1. The Morgan fingerprint density at radius 2 is 2.15 bits per heavy atom. The van der Waals surface area contributed by atoms with Crippen LogP contribution in [0.2, 0.25) is 0 Å². The fourth-order valence-corrected chi connectivity index (χ4v) is 2.37. The number of aliphatic carboxylic acids is 1. The summed E-state index contributed by atoms with van der Waals surface area (Å²) in [4.78, 5) is 35.5. The van der Waals surface area contributed by atoms with E-state index in [1.807, 2.05) is 0 Å². The predicted octanol–water partition coefficient (Wildman–Crippen LogP) is 0.537. The van der Waals surface area contributed by atoms with E-state index in [0.29, 0.717) is 19.0 Å². The number of rotatable bonds is 6. The normalized spacial score (nSPS) is 20.2. The van der Waals surface area contributed by atoms with Gasteiger partial charge in [-0.2, -0.15) is 0 Å². The standard InChI is InChI=1S/C13H23N3O4/c1-2-9-4-3-7-16(8-9)13(20)15-10(12(18)19)5-6-11(14)17/h9-10H,2-8H2,1H3,(H2,14,17)(H,15,20)(H,18,19)/t9?,10-/m0/s1. The summed E-state index contributed by atoms with van der Waals surface area (Å²) in [6.45, 7) is 3.38. The van der Waals surface area contributed by atoms with E-state index >= 15 is 0 Å². The number of carboxylic acids is 1. The van der Waals surface area contributed by atoms with Crippen LogP contribution in [-0.4, -0.2) is 47.0 Å². The first kappa shape index (κ1) is 16.3. The van der Waals surface area contributed by atoms with Crippen LogP contribution < -0.4 is 11.1 Å². The number of carbonyl (C=O) groups is 3. The van der Waals surface area contributed by atoms with Crippen LogP contribution >= 0.6 is 0 Å². The number of piperidine rings is 1. The molecule has 1 unspecified atom stereocenters. The SMILES string of the molecule is CCC1CCCN(C(=O)N[C@@H](CCC(N)=O)C(=O)O)C1. The third-order valence-corrected chi connectivity index (χ3v) is 3.66. The number of nitrogens with two attached hydrogens (primary N) is 1. The molecule has 1 rings (SSSR count). The summed E-state index contributed by atoms with van der Waals surface area (Å²) < 4.78 is 0. The van der Waals surface area contributed by atoms with Gasteiger partial charge in [-0.3, -0.25) is 4.79 Å². The second kappa shape index (κ2) is 7.72. The van der Waals surface area contributed by atoms with Crippen LogP contribution in [0.25, 0.3) is 0 Å². The average molecular weight is 285 g/mol. The van der Waals surface area contributed by atoms with Gasteiger partial charge in [-0.15, -0.1) is 0 Å². The molecule has 2 atom stereocenters. The molecule has 0 aliphatic carbocycles. The maximum absolute atomic E-state index is 12.1. The zero-order valence-electron chi connectivity index (χ0n) is 11.8. The summed E-state index contributed by atoms with van der Waals surface area (Å²) >= 11 is 0. The fourth-order valence-electron chi connectivity index (χ4n) is 2.37. The van der Waals surface area contributed by atoms with Crippen LogP contribution in [0.1, 0.15) is 39.0 Å². The second-order valence-corrected chi connectivity index (χ2v) is 5.21. The van der Waals surface area contributed by atoms with Gasteiger partial charge in [0, 0.05) is 19.5 Å². The van der Waals surface area contributed by atoms with E-state index < -0.39 is 17.9 Å². The summed E-state index contributed by atoms with van der Waals surface area (Å²) in [7, 11) is 0. The molecule has 1 aliphatic rings. The fraction of sp³-hybridized carbons (Fsp3) is 0.769. The molecule has 4 N–H and O–H groups in total. The van der Waals surface area contributed by atoms with Crippen LogP contribution in [0.15, 0.2) is 0 Å². The highest BCUT2D eigenvalue weighted by molar-refractivity contribution is 5.83. The van der Waals surface area contributed by atoms with Crippen LogP contribution in [-0.2, 0) is 9.59 Å². The number of urea groups is 1. The summed E-state index contributed by atoms with van der Waals surface area (Å²) in [5.74, 6) is -1.25. The highest BCUT2D eigenvalue weighted by Crippen LogP contribution is 2.19. The van der Waals surface area contributed by atoms with E-state index in [1.54, 1.807) is 4.90 Å². The van der Waals surface area contributed by atoms with Crippen molar-refractivity contribution < 1.29 is 19.5 Å². The lowest BCUT2D eigenvalue weighted by atomic mass is 9.96. The molecule has 0 aromatic heterocycles. The van der Waals surface area contributed by atoms with Crippen LogP contribution in [0.5, 0.6) is 0 Å². The summed E-state index contributed by atoms with van der Waals surface area (Å²) in [6, 6.07) is -1.45. The molecule has 3 amide bonds. The quantitative estimate of drug-likeness (QED) is 0.661. The largest absolute Gasteiger partial charge is 0.480 e. The topological polar surface area (TPSA) is 113 Å². The maximum Gasteiger partial charge on any atom is 0.326 e. The Morgan fingerprint density at radius 3 is 2.70 bits per heavy atom. The number of likely N-dealkylation sites (tertiary alicyclic amines) is 1. The lowest BCUT2D eigenvalue weighted by Gasteiger charge is -2.33. The van der Waals surface area contributed by atoms with Gasteiger partial charge in [0.05, 0.1) is 0 Å². The minimum Gasteiger partial charge on any atom is -0.480 e. The van der Waals surface area contributed by atoms with E-state index in [-0.39, 0.29) is 18.9 Å². The van der Waals surface area contributed by atoms with Gasteiger partial charge in [-0.1, -0.05) is 13.3 Å². The minimum absolute atomic E-state index is 0.0153. The number of primary amides is 1. The Balaban J connectivity index is 2.52. The van der Waals surface area contributed by atoms with Crippen molar-refractivity contribution in [2.45, 2.75) is 45.1 Å². The zero-order chi connectivity index (χ0) is 15.1. The van der Waals surface area contributed by atoms with Gasteiger partial charge in [0.2, 0.25) is 5.91 Å². The second-order valence-electron chi connectivity index (χ2n) is 5.21. The van der Waals surface area contributed by atoms with Crippen molar-refractivity contribution in [2.75, 3.05) is 13.1 Å². The van der Waals surface area contributed by atoms with Crippen molar-refractivity contribution >= 4 is 17.9 Å². The molecule has 0 saturated carbocycles. The Labute approximate surface area is 118 Å². The molecule has 20 heavy (non-hydrogen) atoms. The van der Waals surface area contributed by atoms with Gasteiger partial charge in [0.15, 0.2) is 0 Å². The molecule has 1 saturated heterocycles. The maximum atomic E-state index is 12.1. The molecule has 0 spiro atoms. The molecule has 7 nitrogen and oxygen atoms in total. The van der Waals surface area contributed by atoms with E-state index in [4.69, 9.17) is 10.8 Å². The van der Waals surface area contributed by atoms with Crippen molar-refractivity contribution in [3.63, 3.8) is 0 Å². The van der Waals surface area contributed by atoms with E-state index in [2.05, 4.69) is 12.2 Å². The lowest BCUT2D eigenvalue weighted by Crippen LogP contribution is -2.51. The van der Waals surface area contributed by atoms with Gasteiger partial charge in [0.1, 0.15) is 6.04 Å². The van der Waals surface area contributed by atoms with E-state index in [0.717, 1.165) is 19.3 Å². The number of carboxylic acid groups (broad SMARTS) is 1. The van der Waals surface area contributed by atoms with Gasteiger partial charge >= 0.3 is 12.0 Å². The Bertz CT molecular complexity index is 373. The molecule has 0 aromatic carbocycles. The molecule has 1 heterocycles. The number of hydrogen-bond acceptors (Lipinski definition) is 3. The lowest BCUT2D eigenvalue weighted by molar-refractivity contribution is -0.139. The summed E-state index contributed by atoms with van der Waals surface area (Å²) in [5, 5.41) is 11.5. The summed E-state index contributed by atoms with van der Waals surface area (Å²) in [5.41, 5.74) is 5.00. The molecule has 0 radical (unpaired) electrons. The molecule has 7 heteroatoms. The first-order valence-electron chi connectivity index (χ1n) is 7.00. The molecular formula is C13H23N3O4. The van der Waals surface area contributed by atoms with Crippen molar-refractivity contribution in [1.82, 2.24) is 10.2 Å². The number of amides is 3. The van der Waals surface area contributed by atoms with E-state index in [1.165, 1.54) is 0 Å². The molecule has 1 aliphatic heterocycles. The van der Waals surface area contributed by atoms with Gasteiger partial charge in [-0.05, 0) is 25.2 Å². The smallest absolute Gasteiger partial charge is 0.326 e. The minimum atomic E-state index is -1.15. The van der Waals surface area contributed by atoms with Gasteiger partial charge in [0.25, 0.3) is 0 Å². The third-order valence-electron chi connectivity index (χ3n) is 3.66. The Morgan fingerprint density at radius 1 is 1.45 bits per heavy atom. The number of hydrogen-bond donors (Lipinski definition) is 3. The highest BCUT2D eigenvalue weighted by atomic mass is 16.4. The van der Waals surface area contributed by atoms with Crippen LogP contribution in [0.4, 0.5) is 4.79 Å². The molecule has 1 fully saturated rings. The van der Waals surface area contributed by atoms with Crippen molar-refractivity contribution in [3.05, 3.63) is 0 Å². The van der Waals surface area contributed by atoms with E-state index in [9.17, 15) is 14.4 Å². The van der Waals surface area contributed by atoms with Crippen molar-refractivity contribution in [2.24, 2.45) is 11.7 Å². The van der Waals surface area contributed by atoms with Crippen LogP contribution in [0, 0.1) is 5.92 Å². The highest BCUT2D eigenvalue weighted by Gasteiger charge is 2.26. The van der Waals surface area contributed by atoms with Crippen molar-refractivity contribution in [3.8, 4) is 0 Å². The predicted molar refractivity (Wildman–Crippen MR) is 73.0 cm³/mol. The Hall–Kier alpha value is -1.79. The number of carbonyl (C=O) groups excluding carboxylic acids is 2. The first-order chi connectivity index (χ1) is 9.43. The zero-order valence-corrected chi connectivity index (χ0v) is 11.8. The monoisotopic (exact) mass is 285 g/mol. The average Bonchev–Trinajstić information content (AvgIpc) is 2.42. The summed E-state index contributed by atoms with van der Waals surface area (Å²) in [6.07, 6.45) is 3.00. The van der Waals surface area contributed by atoms with Crippen molar-refractivity contribution in [1.29, 1.82) is 0 Å². The molecule has 0 bridgehead atoms. The molecular weight excluding hydrogens is 262 g/mol. The third kappa shape index (κ3) is 5.07. The number of nitrogens with one attached hydrogen (secondary N) is 1. The van der Waals surface area contributed by atoms with Gasteiger partial charge in [-0.25, -0.2) is 9.59 Å². The first-order valence-corrected chi connectivity index (χ1v) is 7.00. The Kier molecular flexibility index (Phi) is 6.27. The van der Waals surface area contributed by atoms with Crippen LogP contribution in [0.3, 0.4) is 0 Å². The van der Waals surface area contributed by atoms with Gasteiger partial charge < -0.3 is 21.1 Å². The molecule has 114 valence electrons. The molecule has 0 aromatic rings.